The van der Waals surface area contributed by atoms with E-state index in [0.717, 1.165) is 12.4 Å². The molecule has 1 heterocycles. The molecule has 1 aliphatic rings. The first-order valence-corrected chi connectivity index (χ1v) is 4.87. The van der Waals surface area contributed by atoms with E-state index in [1.807, 2.05) is 6.07 Å². The Morgan fingerprint density at radius 2 is 1.93 bits per heavy atom. The van der Waals surface area contributed by atoms with Gasteiger partial charge in [-0.3, -0.25) is 0 Å². The number of ether oxygens (including phenoxy) is 1. The van der Waals surface area contributed by atoms with Crippen LogP contribution in [0.3, 0.4) is 0 Å². The minimum Gasteiger partial charge on any atom is -0.492 e. The van der Waals surface area contributed by atoms with Crippen molar-refractivity contribution in [1.29, 1.82) is 0 Å². The van der Waals surface area contributed by atoms with E-state index < -0.39 is 0 Å². The molecule has 1 aliphatic heterocycles. The third-order valence-corrected chi connectivity index (χ3v) is 3.30. The minimum atomic E-state index is 0. The number of benzene rings is 1. The Balaban J connectivity index is 0.000000980. The third-order valence-electron chi connectivity index (χ3n) is 3.30. The van der Waals surface area contributed by atoms with Crippen molar-refractivity contribution in [2.75, 3.05) is 6.61 Å². The van der Waals surface area contributed by atoms with Gasteiger partial charge >= 0.3 is 0 Å². The molecule has 1 heteroatoms. The first kappa shape index (κ1) is 11.1. The van der Waals surface area contributed by atoms with Gasteiger partial charge in [-0.15, -0.1) is 0 Å². The van der Waals surface area contributed by atoms with Crippen LogP contribution in [0.5, 0.6) is 5.75 Å². The molecular weight excluding hydrogens is 172 g/mol. The lowest BCUT2D eigenvalue weighted by Gasteiger charge is -2.27. The molecule has 0 spiro atoms. The Morgan fingerprint density at radius 3 is 2.57 bits per heavy atom. The number of para-hydroxylation sites is 1. The second kappa shape index (κ2) is 3.64. The smallest absolute Gasteiger partial charge is 0.123 e. The van der Waals surface area contributed by atoms with Crippen molar-refractivity contribution in [1.82, 2.24) is 0 Å². The van der Waals surface area contributed by atoms with E-state index >= 15 is 0 Å². The molecule has 0 aromatic heterocycles. The molecule has 0 aliphatic carbocycles. The summed E-state index contributed by atoms with van der Waals surface area (Å²) >= 11 is 0. The molecule has 0 fully saturated rings. The van der Waals surface area contributed by atoms with E-state index in [9.17, 15) is 0 Å². The highest BCUT2D eigenvalue weighted by atomic mass is 16.5. The number of fused-ring (bicyclic) bond motifs is 1. The SMILES string of the molecule is C.CC(C)C1(C)COc2ccccc21. The molecule has 2 rings (SSSR count). The molecule has 0 radical (unpaired) electrons. The van der Waals surface area contributed by atoms with Gasteiger partial charge in [0.2, 0.25) is 0 Å². The van der Waals surface area contributed by atoms with Crippen LogP contribution >= 0.6 is 0 Å². The molecule has 1 unspecified atom stereocenters. The normalized spacial score (nSPS) is 24.0. The van der Waals surface area contributed by atoms with Gasteiger partial charge in [0.05, 0.1) is 6.61 Å². The summed E-state index contributed by atoms with van der Waals surface area (Å²) in [7, 11) is 0. The summed E-state index contributed by atoms with van der Waals surface area (Å²) in [6.07, 6.45) is 0. The van der Waals surface area contributed by atoms with E-state index in [1.165, 1.54) is 5.56 Å². The van der Waals surface area contributed by atoms with Crippen LogP contribution in [0.25, 0.3) is 0 Å². The van der Waals surface area contributed by atoms with Gasteiger partial charge in [-0.2, -0.15) is 0 Å². The van der Waals surface area contributed by atoms with Crippen LogP contribution in [0.15, 0.2) is 24.3 Å². The maximum Gasteiger partial charge on any atom is 0.123 e. The maximum atomic E-state index is 5.68. The van der Waals surface area contributed by atoms with Crippen molar-refractivity contribution in [2.24, 2.45) is 5.92 Å². The van der Waals surface area contributed by atoms with Crippen LogP contribution in [-0.4, -0.2) is 6.61 Å². The first-order chi connectivity index (χ1) is 6.14. The van der Waals surface area contributed by atoms with Gasteiger partial charge < -0.3 is 4.74 Å². The standard InChI is InChI=1S/C12H16O.CH4/c1-9(2)12(3)8-13-11-7-5-4-6-10(11)12;/h4-7,9H,8H2,1-3H3;1H4. The minimum absolute atomic E-state index is 0. The van der Waals surface area contributed by atoms with Crippen LogP contribution in [0, 0.1) is 5.92 Å². The average molecular weight is 192 g/mol. The quantitative estimate of drug-likeness (QED) is 0.660. The first-order valence-electron chi connectivity index (χ1n) is 4.87. The second-order valence-electron chi connectivity index (χ2n) is 4.36. The van der Waals surface area contributed by atoms with Crippen LogP contribution in [0.4, 0.5) is 0 Å². The molecule has 1 aromatic rings. The van der Waals surface area contributed by atoms with Crippen molar-refractivity contribution in [3.63, 3.8) is 0 Å². The summed E-state index contributed by atoms with van der Waals surface area (Å²) in [6, 6.07) is 8.37. The third kappa shape index (κ3) is 1.41. The molecule has 0 amide bonds. The Hall–Kier alpha value is -0.980. The van der Waals surface area contributed by atoms with Gasteiger partial charge in [-0.25, -0.2) is 0 Å². The molecule has 1 nitrogen and oxygen atoms in total. The van der Waals surface area contributed by atoms with Gasteiger partial charge in [0.15, 0.2) is 0 Å². The Morgan fingerprint density at radius 1 is 1.29 bits per heavy atom. The van der Waals surface area contributed by atoms with Crippen LogP contribution < -0.4 is 4.74 Å². The van der Waals surface area contributed by atoms with E-state index in [0.29, 0.717) is 5.92 Å². The second-order valence-corrected chi connectivity index (χ2v) is 4.36. The van der Waals surface area contributed by atoms with Gasteiger partial charge in [0, 0.05) is 11.0 Å². The summed E-state index contributed by atoms with van der Waals surface area (Å²) in [5, 5.41) is 0. The highest BCUT2D eigenvalue weighted by Gasteiger charge is 2.38. The summed E-state index contributed by atoms with van der Waals surface area (Å²) in [5.74, 6) is 1.69. The Labute approximate surface area is 87.1 Å². The fraction of sp³-hybridized carbons (Fsp3) is 0.538. The fourth-order valence-electron chi connectivity index (χ4n) is 1.85. The zero-order valence-corrected chi connectivity index (χ0v) is 8.50. The van der Waals surface area contributed by atoms with Crippen LogP contribution in [-0.2, 0) is 5.41 Å². The van der Waals surface area contributed by atoms with Crippen molar-refractivity contribution in [3.05, 3.63) is 29.8 Å². The predicted molar refractivity (Wildman–Crippen MR) is 60.9 cm³/mol. The zero-order chi connectivity index (χ0) is 9.47. The molecule has 78 valence electrons. The van der Waals surface area contributed by atoms with Crippen molar-refractivity contribution >= 4 is 0 Å². The topological polar surface area (TPSA) is 9.23 Å². The lowest BCUT2D eigenvalue weighted by Crippen LogP contribution is -2.30. The van der Waals surface area contributed by atoms with Gasteiger partial charge in [-0.05, 0) is 12.0 Å². The number of rotatable bonds is 1. The zero-order valence-electron chi connectivity index (χ0n) is 8.50. The summed E-state index contributed by atoms with van der Waals surface area (Å²) in [6.45, 7) is 7.62. The van der Waals surface area contributed by atoms with E-state index in [4.69, 9.17) is 4.74 Å². The van der Waals surface area contributed by atoms with E-state index in [-0.39, 0.29) is 12.8 Å². The molecule has 0 saturated carbocycles. The van der Waals surface area contributed by atoms with Crippen molar-refractivity contribution in [2.45, 2.75) is 33.6 Å². The summed E-state index contributed by atoms with van der Waals surface area (Å²) in [4.78, 5) is 0. The van der Waals surface area contributed by atoms with Gasteiger partial charge in [0.1, 0.15) is 5.75 Å². The number of hydrogen-bond donors (Lipinski definition) is 0. The number of hydrogen-bond acceptors (Lipinski definition) is 1. The lowest BCUT2D eigenvalue weighted by atomic mass is 9.75. The van der Waals surface area contributed by atoms with Crippen molar-refractivity contribution in [3.8, 4) is 5.75 Å². The largest absolute Gasteiger partial charge is 0.492 e. The monoisotopic (exact) mass is 192 g/mol. The maximum absolute atomic E-state index is 5.68. The molecule has 1 aromatic carbocycles. The molecule has 0 bridgehead atoms. The Kier molecular flexibility index (Phi) is 2.89. The fourth-order valence-corrected chi connectivity index (χ4v) is 1.85. The lowest BCUT2D eigenvalue weighted by molar-refractivity contribution is 0.231. The molecule has 14 heavy (non-hydrogen) atoms. The molecule has 0 N–H and O–H groups in total. The van der Waals surface area contributed by atoms with Gasteiger partial charge in [0.25, 0.3) is 0 Å². The molecule has 1 atom stereocenters. The highest BCUT2D eigenvalue weighted by molar-refractivity contribution is 5.43. The average Bonchev–Trinajstić information content (AvgIpc) is 2.47. The van der Waals surface area contributed by atoms with E-state index in [1.54, 1.807) is 0 Å². The van der Waals surface area contributed by atoms with E-state index in [2.05, 4.69) is 39.0 Å². The predicted octanol–water partition coefficient (Wildman–Crippen LogP) is 3.63. The summed E-state index contributed by atoms with van der Waals surface area (Å²) in [5.41, 5.74) is 1.57. The molecular formula is C13H20O. The van der Waals surface area contributed by atoms with Gasteiger partial charge in [-0.1, -0.05) is 46.4 Å². The van der Waals surface area contributed by atoms with Crippen LogP contribution in [0.2, 0.25) is 0 Å². The Bertz CT molecular complexity index is 317. The van der Waals surface area contributed by atoms with Crippen molar-refractivity contribution < 1.29 is 4.74 Å². The highest BCUT2D eigenvalue weighted by Crippen LogP contribution is 2.42. The summed E-state index contributed by atoms with van der Waals surface area (Å²) < 4.78 is 5.68. The molecule has 0 saturated heterocycles. The van der Waals surface area contributed by atoms with Crippen LogP contribution in [0.1, 0.15) is 33.8 Å².